The zero-order chi connectivity index (χ0) is 20.3. The first-order valence-electron chi connectivity index (χ1n) is 9.17. The lowest BCUT2D eigenvalue weighted by molar-refractivity contribution is 0.00578. The molecular weight excluding hydrogens is 375 g/mol. The van der Waals surface area contributed by atoms with Gasteiger partial charge in [0.25, 0.3) is 10.0 Å². The number of aryl methyl sites for hydroxylation is 1. The molecule has 3 aromatic rings. The average molecular weight is 398 g/mol. The highest BCUT2D eigenvalue weighted by atomic mass is 32.2. The molecule has 1 fully saturated rings. The van der Waals surface area contributed by atoms with Crippen LogP contribution in [-0.2, 0) is 19.3 Å². The molecule has 0 aliphatic carbocycles. The van der Waals surface area contributed by atoms with Crippen molar-refractivity contribution in [1.82, 2.24) is 8.96 Å². The standard InChI is InChI=1S/C20H23BN2O4S/c1-14-16-11-12-23(28(24,25)15-9-7-6-8-10-15)18(16)22-13-17(14)21-26-19(2,3)20(4,5)27-21/h6-13H,1-5H3. The normalized spacial score (nSPS) is 18.7. The Morgan fingerprint density at radius 3 is 2.21 bits per heavy atom. The molecule has 1 aliphatic heterocycles. The summed E-state index contributed by atoms with van der Waals surface area (Å²) < 4.78 is 39.5. The van der Waals surface area contributed by atoms with E-state index >= 15 is 0 Å². The topological polar surface area (TPSA) is 70.4 Å². The van der Waals surface area contributed by atoms with Crippen LogP contribution < -0.4 is 5.46 Å². The van der Waals surface area contributed by atoms with Crippen molar-refractivity contribution in [2.75, 3.05) is 0 Å². The van der Waals surface area contributed by atoms with Gasteiger partial charge in [-0.05, 0) is 58.4 Å². The number of pyridine rings is 1. The van der Waals surface area contributed by atoms with Gasteiger partial charge in [0.2, 0.25) is 0 Å². The van der Waals surface area contributed by atoms with E-state index in [1.54, 1.807) is 48.8 Å². The first-order chi connectivity index (χ1) is 13.0. The molecule has 0 unspecified atom stereocenters. The zero-order valence-corrected chi connectivity index (χ0v) is 17.4. The lowest BCUT2D eigenvalue weighted by atomic mass is 9.77. The van der Waals surface area contributed by atoms with Gasteiger partial charge in [-0.25, -0.2) is 17.4 Å². The molecule has 1 saturated heterocycles. The monoisotopic (exact) mass is 398 g/mol. The Balaban J connectivity index is 1.80. The Morgan fingerprint density at radius 1 is 1.00 bits per heavy atom. The molecule has 28 heavy (non-hydrogen) atoms. The second kappa shape index (κ2) is 6.17. The van der Waals surface area contributed by atoms with Crippen LogP contribution in [0, 0.1) is 6.92 Å². The molecule has 0 saturated carbocycles. The highest BCUT2D eigenvalue weighted by Gasteiger charge is 2.52. The number of nitrogens with zero attached hydrogens (tertiary/aromatic N) is 2. The molecule has 146 valence electrons. The third kappa shape index (κ3) is 2.79. The Labute approximate surface area is 165 Å². The first-order valence-corrected chi connectivity index (χ1v) is 10.6. The zero-order valence-electron chi connectivity index (χ0n) is 16.6. The van der Waals surface area contributed by atoms with Crippen molar-refractivity contribution in [3.63, 3.8) is 0 Å². The van der Waals surface area contributed by atoms with Crippen molar-refractivity contribution in [2.24, 2.45) is 0 Å². The fourth-order valence-electron chi connectivity index (χ4n) is 3.32. The van der Waals surface area contributed by atoms with Gasteiger partial charge < -0.3 is 9.31 Å². The smallest absolute Gasteiger partial charge is 0.399 e. The summed E-state index contributed by atoms with van der Waals surface area (Å²) in [6.45, 7) is 9.92. The minimum Gasteiger partial charge on any atom is -0.399 e. The van der Waals surface area contributed by atoms with Gasteiger partial charge in [0.05, 0.1) is 16.1 Å². The molecule has 2 aromatic heterocycles. The van der Waals surface area contributed by atoms with Crippen molar-refractivity contribution in [1.29, 1.82) is 0 Å². The van der Waals surface area contributed by atoms with Crippen molar-refractivity contribution >= 4 is 33.6 Å². The van der Waals surface area contributed by atoms with Gasteiger partial charge in [-0.15, -0.1) is 0 Å². The maximum absolute atomic E-state index is 13.0. The third-order valence-corrected chi connectivity index (χ3v) is 7.48. The lowest BCUT2D eigenvalue weighted by Gasteiger charge is -2.32. The summed E-state index contributed by atoms with van der Waals surface area (Å²) in [6.07, 6.45) is 3.19. The summed E-state index contributed by atoms with van der Waals surface area (Å²) in [5.41, 5.74) is 1.18. The molecular formula is C20H23BN2O4S. The Morgan fingerprint density at radius 2 is 1.61 bits per heavy atom. The minimum atomic E-state index is -3.72. The Bertz CT molecular complexity index is 1140. The average Bonchev–Trinajstić information content (AvgIpc) is 3.15. The summed E-state index contributed by atoms with van der Waals surface area (Å²) in [5, 5.41) is 0.756. The molecule has 4 rings (SSSR count). The Kier molecular flexibility index (Phi) is 4.23. The minimum absolute atomic E-state index is 0.224. The Hall–Kier alpha value is -2.16. The number of hydrogen-bond acceptors (Lipinski definition) is 5. The van der Waals surface area contributed by atoms with E-state index in [4.69, 9.17) is 9.31 Å². The maximum atomic E-state index is 13.0. The van der Waals surface area contributed by atoms with Crippen molar-refractivity contribution in [3.05, 3.63) is 54.4 Å². The molecule has 1 aromatic carbocycles. The van der Waals surface area contributed by atoms with E-state index in [9.17, 15) is 8.42 Å². The van der Waals surface area contributed by atoms with Crippen LogP contribution in [0.1, 0.15) is 33.3 Å². The van der Waals surface area contributed by atoms with E-state index in [1.165, 1.54) is 3.97 Å². The SMILES string of the molecule is Cc1c(B2OC(C)(C)C(C)(C)O2)cnc2c1ccn2S(=O)(=O)c1ccccc1. The summed E-state index contributed by atoms with van der Waals surface area (Å²) in [7, 11) is -4.26. The number of rotatable bonds is 3. The van der Waals surface area contributed by atoms with E-state index in [1.807, 2.05) is 34.6 Å². The molecule has 3 heterocycles. The van der Waals surface area contributed by atoms with Gasteiger partial charge in [0, 0.05) is 23.2 Å². The second-order valence-electron chi connectivity index (χ2n) is 8.09. The molecule has 0 bridgehead atoms. The van der Waals surface area contributed by atoms with E-state index in [2.05, 4.69) is 4.98 Å². The lowest BCUT2D eigenvalue weighted by Crippen LogP contribution is -2.41. The fraction of sp³-hybridized carbons (Fsp3) is 0.350. The van der Waals surface area contributed by atoms with Gasteiger partial charge >= 0.3 is 7.12 Å². The van der Waals surface area contributed by atoms with Gasteiger partial charge in [0.15, 0.2) is 5.65 Å². The van der Waals surface area contributed by atoms with E-state index in [0.29, 0.717) is 5.65 Å². The molecule has 0 amide bonds. The summed E-state index contributed by atoms with van der Waals surface area (Å²) in [4.78, 5) is 4.68. The fourth-order valence-corrected chi connectivity index (χ4v) is 4.64. The van der Waals surface area contributed by atoms with Crippen LogP contribution in [0.5, 0.6) is 0 Å². The summed E-state index contributed by atoms with van der Waals surface area (Å²) in [5.74, 6) is 0. The maximum Gasteiger partial charge on any atom is 0.496 e. The molecule has 0 N–H and O–H groups in total. The summed E-state index contributed by atoms with van der Waals surface area (Å²) in [6, 6.07) is 10.1. The summed E-state index contributed by atoms with van der Waals surface area (Å²) >= 11 is 0. The predicted octanol–water partition coefficient (Wildman–Crippen LogP) is 2.88. The molecule has 1 aliphatic rings. The van der Waals surface area contributed by atoms with Gasteiger partial charge in [0.1, 0.15) is 0 Å². The van der Waals surface area contributed by atoms with Crippen molar-refractivity contribution in [2.45, 2.75) is 50.7 Å². The van der Waals surface area contributed by atoms with Crippen LogP contribution in [0.3, 0.4) is 0 Å². The molecule has 0 spiro atoms. The highest BCUT2D eigenvalue weighted by molar-refractivity contribution is 7.90. The quantitative estimate of drug-likeness (QED) is 0.635. The van der Waals surface area contributed by atoms with E-state index in [-0.39, 0.29) is 4.90 Å². The molecule has 8 heteroatoms. The molecule has 0 atom stereocenters. The van der Waals surface area contributed by atoms with Crippen LogP contribution in [0.25, 0.3) is 11.0 Å². The van der Waals surface area contributed by atoms with Gasteiger partial charge in [-0.1, -0.05) is 18.2 Å². The molecule has 6 nitrogen and oxygen atoms in total. The van der Waals surface area contributed by atoms with Crippen molar-refractivity contribution in [3.8, 4) is 0 Å². The van der Waals surface area contributed by atoms with E-state index in [0.717, 1.165) is 16.4 Å². The van der Waals surface area contributed by atoms with Crippen LogP contribution in [-0.4, -0.2) is 35.7 Å². The first kappa shape index (κ1) is 19.2. The second-order valence-corrected chi connectivity index (χ2v) is 9.91. The van der Waals surface area contributed by atoms with Gasteiger partial charge in [-0.3, -0.25) is 0 Å². The number of hydrogen-bond donors (Lipinski definition) is 0. The predicted molar refractivity (Wildman–Crippen MR) is 109 cm³/mol. The largest absolute Gasteiger partial charge is 0.496 e. The van der Waals surface area contributed by atoms with Crippen LogP contribution in [0.2, 0.25) is 0 Å². The van der Waals surface area contributed by atoms with Crippen LogP contribution >= 0.6 is 0 Å². The van der Waals surface area contributed by atoms with Crippen molar-refractivity contribution < 1.29 is 17.7 Å². The van der Waals surface area contributed by atoms with Gasteiger partial charge in [-0.2, -0.15) is 0 Å². The van der Waals surface area contributed by atoms with Crippen LogP contribution in [0.15, 0.2) is 53.7 Å². The van der Waals surface area contributed by atoms with Crippen LogP contribution in [0.4, 0.5) is 0 Å². The number of benzene rings is 1. The number of aromatic nitrogens is 2. The highest BCUT2D eigenvalue weighted by Crippen LogP contribution is 2.37. The van der Waals surface area contributed by atoms with E-state index < -0.39 is 28.3 Å². The third-order valence-electron chi connectivity index (χ3n) is 5.80. The number of fused-ring (bicyclic) bond motifs is 1. The molecule has 0 radical (unpaired) electrons.